The maximum atomic E-state index is 13.4. The lowest BCUT2D eigenvalue weighted by molar-refractivity contribution is -0.155. The summed E-state index contributed by atoms with van der Waals surface area (Å²) in [5.74, 6) is 0.0732. The van der Waals surface area contributed by atoms with Gasteiger partial charge in [0, 0.05) is 52.4 Å². The van der Waals surface area contributed by atoms with Gasteiger partial charge in [-0.2, -0.15) is 0 Å². The number of methoxy groups -OCH3 is 1. The highest BCUT2D eigenvalue weighted by Crippen LogP contribution is 2.24. The first-order valence-electron chi connectivity index (χ1n) is 10.4. The van der Waals surface area contributed by atoms with Gasteiger partial charge < -0.3 is 20.3 Å². The number of halogens is 1. The first kappa shape index (κ1) is 23.3. The van der Waals surface area contributed by atoms with Gasteiger partial charge in [0.05, 0.1) is 12.1 Å². The Morgan fingerprint density at radius 3 is 2.91 bits per heavy atom. The van der Waals surface area contributed by atoms with Crippen molar-refractivity contribution < 1.29 is 14.3 Å². The van der Waals surface area contributed by atoms with E-state index in [9.17, 15) is 9.59 Å². The fourth-order valence-corrected chi connectivity index (χ4v) is 5.27. The molecule has 10 heteroatoms. The van der Waals surface area contributed by atoms with E-state index < -0.39 is 6.04 Å². The molecule has 1 aliphatic rings. The van der Waals surface area contributed by atoms with Crippen molar-refractivity contribution in [3.05, 3.63) is 57.0 Å². The first-order valence-corrected chi connectivity index (χ1v) is 12.1. The summed E-state index contributed by atoms with van der Waals surface area (Å²) in [6.07, 6.45) is 4.71. The molecule has 3 heterocycles. The second-order valence-corrected chi connectivity index (χ2v) is 9.75. The van der Waals surface area contributed by atoms with E-state index in [2.05, 4.69) is 25.9 Å². The number of hydrogen-bond acceptors (Lipinski definition) is 7. The number of aromatic nitrogens is 2. The van der Waals surface area contributed by atoms with Crippen molar-refractivity contribution in [3.63, 3.8) is 0 Å². The predicted molar refractivity (Wildman–Crippen MR) is 132 cm³/mol. The summed E-state index contributed by atoms with van der Waals surface area (Å²) in [6.45, 7) is 2.90. The van der Waals surface area contributed by atoms with E-state index in [1.165, 1.54) is 30.8 Å². The lowest BCUT2D eigenvalue weighted by atomic mass is 10.0. The van der Waals surface area contributed by atoms with Gasteiger partial charge in [0.1, 0.15) is 18.2 Å². The highest BCUT2D eigenvalue weighted by Gasteiger charge is 2.40. The number of carbonyl (C=O) groups excluding carboxylic acids is 2. The molecule has 0 aliphatic carbocycles. The van der Waals surface area contributed by atoms with Crippen LogP contribution < -0.4 is 5.73 Å². The standard InChI is InChI=1S/C23H24BrN5O3S/c1-14-9-29(21(30)6-4-17-8-16(24)12-33-17)20(11-32-2)23(31)28(14)10-15-3-5-18-19(7-15)26-13-27-22(18)25/h3-8,12-14,20H,9-11H2,1-2H3,(H2,25,26,27)/t14?,20-/m0/s1. The Kier molecular flexibility index (Phi) is 7.06. The van der Waals surface area contributed by atoms with Crippen molar-refractivity contribution in [3.8, 4) is 0 Å². The van der Waals surface area contributed by atoms with Gasteiger partial charge in [0.15, 0.2) is 0 Å². The van der Waals surface area contributed by atoms with Gasteiger partial charge >= 0.3 is 0 Å². The Hall–Kier alpha value is -2.82. The summed E-state index contributed by atoms with van der Waals surface area (Å²) < 4.78 is 6.27. The van der Waals surface area contributed by atoms with Gasteiger partial charge in [-0.15, -0.1) is 11.3 Å². The van der Waals surface area contributed by atoms with Gasteiger partial charge in [-0.05, 0) is 52.7 Å². The molecular formula is C23H24BrN5O3S. The predicted octanol–water partition coefficient (Wildman–Crippen LogP) is 3.32. The largest absolute Gasteiger partial charge is 0.383 e. The molecule has 2 atom stereocenters. The maximum Gasteiger partial charge on any atom is 0.248 e. The van der Waals surface area contributed by atoms with Crippen LogP contribution >= 0.6 is 27.3 Å². The highest BCUT2D eigenvalue weighted by atomic mass is 79.9. The van der Waals surface area contributed by atoms with E-state index >= 15 is 0 Å². The highest BCUT2D eigenvalue weighted by molar-refractivity contribution is 9.10. The van der Waals surface area contributed by atoms with Crippen LogP contribution in [-0.4, -0.2) is 63.9 Å². The number of piperazine rings is 1. The van der Waals surface area contributed by atoms with Crippen LogP contribution in [-0.2, 0) is 20.9 Å². The molecule has 33 heavy (non-hydrogen) atoms. The van der Waals surface area contributed by atoms with Crippen LogP contribution in [0.25, 0.3) is 17.0 Å². The van der Waals surface area contributed by atoms with Crippen LogP contribution in [0.1, 0.15) is 17.4 Å². The minimum Gasteiger partial charge on any atom is -0.383 e. The quantitative estimate of drug-likeness (QED) is 0.491. The van der Waals surface area contributed by atoms with Crippen LogP contribution in [0, 0.1) is 0 Å². The minimum atomic E-state index is -0.683. The summed E-state index contributed by atoms with van der Waals surface area (Å²) in [5, 5.41) is 2.73. The van der Waals surface area contributed by atoms with Gasteiger partial charge in [-0.3, -0.25) is 9.59 Å². The number of benzene rings is 1. The number of carbonyl (C=O) groups is 2. The number of fused-ring (bicyclic) bond motifs is 1. The van der Waals surface area contributed by atoms with Crippen molar-refractivity contribution >= 4 is 61.9 Å². The van der Waals surface area contributed by atoms with Crippen molar-refractivity contribution in [2.45, 2.75) is 25.6 Å². The van der Waals surface area contributed by atoms with E-state index in [1.807, 2.05) is 36.6 Å². The molecule has 1 unspecified atom stereocenters. The number of anilines is 1. The zero-order valence-corrected chi connectivity index (χ0v) is 20.7. The molecule has 1 aromatic carbocycles. The minimum absolute atomic E-state index is 0.133. The number of ether oxygens (including phenoxy) is 1. The molecule has 3 aromatic rings. The SMILES string of the molecule is COC[C@H]1C(=O)N(Cc2ccc3c(N)ncnc3c2)C(C)CN1C(=O)C=Cc1cc(Br)cs1. The van der Waals surface area contributed by atoms with Gasteiger partial charge in [-0.1, -0.05) is 6.07 Å². The Bertz CT molecular complexity index is 1210. The molecule has 0 saturated carbocycles. The Morgan fingerprint density at radius 1 is 1.36 bits per heavy atom. The number of thiophene rings is 1. The summed E-state index contributed by atoms with van der Waals surface area (Å²) in [6, 6.07) is 6.80. The normalized spacial score (nSPS) is 19.1. The Labute approximate surface area is 204 Å². The first-order chi connectivity index (χ1) is 15.9. The summed E-state index contributed by atoms with van der Waals surface area (Å²) in [4.78, 5) is 39.0. The fourth-order valence-electron chi connectivity index (χ4n) is 3.93. The van der Waals surface area contributed by atoms with Gasteiger partial charge in [-0.25, -0.2) is 9.97 Å². The third-order valence-electron chi connectivity index (χ3n) is 5.61. The van der Waals surface area contributed by atoms with Crippen molar-refractivity contribution in [2.24, 2.45) is 0 Å². The Morgan fingerprint density at radius 2 is 2.18 bits per heavy atom. The van der Waals surface area contributed by atoms with Crippen LogP contribution in [0.3, 0.4) is 0 Å². The second-order valence-electron chi connectivity index (χ2n) is 7.89. The number of nitrogens with two attached hydrogens (primary N) is 1. The molecule has 2 aromatic heterocycles. The third-order valence-corrected chi connectivity index (χ3v) is 7.27. The molecule has 172 valence electrons. The van der Waals surface area contributed by atoms with Crippen LogP contribution in [0.15, 0.2) is 46.5 Å². The van der Waals surface area contributed by atoms with Crippen molar-refractivity contribution in [2.75, 3.05) is 26.0 Å². The maximum absolute atomic E-state index is 13.4. The van der Waals surface area contributed by atoms with E-state index in [4.69, 9.17) is 10.5 Å². The van der Waals surface area contributed by atoms with Crippen molar-refractivity contribution in [1.82, 2.24) is 19.8 Å². The van der Waals surface area contributed by atoms with E-state index in [-0.39, 0.29) is 24.5 Å². The molecule has 4 rings (SSSR count). The van der Waals surface area contributed by atoms with Gasteiger partial charge in [0.2, 0.25) is 11.8 Å². The van der Waals surface area contributed by atoms with Gasteiger partial charge in [0.25, 0.3) is 0 Å². The smallest absolute Gasteiger partial charge is 0.248 e. The molecule has 2 amide bonds. The molecule has 0 spiro atoms. The zero-order valence-electron chi connectivity index (χ0n) is 18.3. The lowest BCUT2D eigenvalue weighted by Crippen LogP contribution is -2.63. The van der Waals surface area contributed by atoms with E-state index in [0.717, 1.165) is 25.8 Å². The average molecular weight is 530 g/mol. The fraction of sp³-hybridized carbons (Fsp3) is 0.304. The van der Waals surface area contributed by atoms with Crippen LogP contribution in [0.5, 0.6) is 0 Å². The van der Waals surface area contributed by atoms with E-state index in [0.29, 0.717) is 18.9 Å². The summed E-state index contributed by atoms with van der Waals surface area (Å²) in [7, 11) is 1.53. The third kappa shape index (κ3) is 5.07. The molecular weight excluding hydrogens is 506 g/mol. The molecule has 0 bridgehead atoms. The van der Waals surface area contributed by atoms with Crippen molar-refractivity contribution in [1.29, 1.82) is 0 Å². The molecule has 1 saturated heterocycles. The zero-order chi connectivity index (χ0) is 23.5. The number of rotatable bonds is 6. The van der Waals surface area contributed by atoms with E-state index in [1.54, 1.807) is 15.9 Å². The number of amides is 2. The molecule has 1 fully saturated rings. The topological polar surface area (TPSA) is 102 Å². The number of nitrogens with zero attached hydrogens (tertiary/aromatic N) is 4. The second kappa shape index (κ2) is 9.98. The molecule has 1 aliphatic heterocycles. The molecule has 0 radical (unpaired) electrons. The molecule has 8 nitrogen and oxygen atoms in total. The number of hydrogen-bond donors (Lipinski definition) is 1. The summed E-state index contributed by atoms with van der Waals surface area (Å²) in [5.41, 5.74) is 7.58. The summed E-state index contributed by atoms with van der Waals surface area (Å²) >= 11 is 4.95. The average Bonchev–Trinajstić information content (AvgIpc) is 3.22. The lowest BCUT2D eigenvalue weighted by Gasteiger charge is -2.44. The number of nitrogen functional groups attached to an aromatic ring is 1. The monoisotopic (exact) mass is 529 g/mol. The van der Waals surface area contributed by atoms with Crippen LogP contribution in [0.2, 0.25) is 0 Å². The Balaban J connectivity index is 1.53. The van der Waals surface area contributed by atoms with Crippen LogP contribution in [0.4, 0.5) is 5.82 Å². The molecule has 2 N–H and O–H groups in total.